The van der Waals surface area contributed by atoms with Crippen molar-refractivity contribution in [2.24, 2.45) is 0 Å². The lowest BCUT2D eigenvalue weighted by Crippen LogP contribution is -2.09. The second kappa shape index (κ2) is 15.6. The number of hydrogen-bond acceptors (Lipinski definition) is 7. The molecule has 0 radical (unpaired) electrons. The Kier molecular flexibility index (Phi) is 9.72. The minimum absolute atomic E-state index is 0.436. The summed E-state index contributed by atoms with van der Waals surface area (Å²) in [4.78, 5) is 29.4. The molecule has 5 heterocycles. The maximum absolute atomic E-state index is 11.2. The first-order valence-corrected chi connectivity index (χ1v) is 18.9. The molecule has 0 spiro atoms. The number of carboxylic acids is 1. The van der Waals surface area contributed by atoms with E-state index in [-0.39, 0.29) is 0 Å². The predicted molar refractivity (Wildman–Crippen MR) is 233 cm³/mol. The van der Waals surface area contributed by atoms with Gasteiger partial charge in [-0.3, -0.25) is 0 Å². The second-order valence-corrected chi connectivity index (χ2v) is 13.9. The number of H-pyrrole nitrogens is 2. The maximum atomic E-state index is 11.2. The summed E-state index contributed by atoms with van der Waals surface area (Å²) in [7, 11) is 4.97. The summed E-state index contributed by atoms with van der Waals surface area (Å²) in [5.41, 5.74) is 13.8. The first-order chi connectivity index (χ1) is 28.9. The number of benzene rings is 4. The zero-order chi connectivity index (χ0) is 40.5. The molecule has 0 unspecified atom stereocenters. The van der Waals surface area contributed by atoms with E-state index in [1.807, 2.05) is 97.1 Å². The molecular formula is C49H38N4O6. The molecule has 8 bridgehead atoms. The quantitative estimate of drug-likeness (QED) is 0.125. The molecule has 10 nitrogen and oxygen atoms in total. The van der Waals surface area contributed by atoms with Crippen molar-refractivity contribution in [3.63, 3.8) is 0 Å². The van der Waals surface area contributed by atoms with Crippen molar-refractivity contribution >= 4 is 52.3 Å². The van der Waals surface area contributed by atoms with Gasteiger partial charge >= 0.3 is 5.97 Å². The SMILES string of the molecule is COc1ccc(-c2c3nc(c(-c4ccc(OC)cc4)c4ccc([nH]4)c(-c4ccc(OCC(=O)O)cc4)c4nc(c(-c5ccc(OC)cc5)c5ccc2[nH]5)C=C4)C=C3)cc1. The second-order valence-electron chi connectivity index (χ2n) is 13.9. The van der Waals surface area contributed by atoms with Crippen molar-refractivity contribution in [3.8, 4) is 67.5 Å². The molecule has 0 saturated heterocycles. The molecule has 9 rings (SSSR count). The predicted octanol–water partition coefficient (Wildman–Crippen LogP) is 10.8. The van der Waals surface area contributed by atoms with Crippen LogP contribution in [0.2, 0.25) is 0 Å². The molecular weight excluding hydrogens is 741 g/mol. The summed E-state index contributed by atoms with van der Waals surface area (Å²) in [5, 5.41) is 9.19. The molecule has 0 amide bonds. The molecule has 0 aliphatic carbocycles. The molecule has 59 heavy (non-hydrogen) atoms. The van der Waals surface area contributed by atoms with E-state index in [9.17, 15) is 9.90 Å². The van der Waals surface area contributed by atoms with E-state index in [1.54, 1.807) is 33.5 Å². The van der Waals surface area contributed by atoms with E-state index in [1.165, 1.54) is 0 Å². The number of aromatic amines is 2. The average Bonchev–Trinajstić information content (AvgIpc) is 4.12. The van der Waals surface area contributed by atoms with Crippen LogP contribution < -0.4 is 18.9 Å². The molecule has 0 fully saturated rings. The topological polar surface area (TPSA) is 132 Å². The van der Waals surface area contributed by atoms with Crippen LogP contribution in [0.1, 0.15) is 22.8 Å². The fraction of sp³-hybridized carbons (Fsp3) is 0.0816. The number of carbonyl (C=O) groups is 1. The number of methoxy groups -OCH3 is 3. The third-order valence-electron chi connectivity index (χ3n) is 10.4. The number of hydrogen-bond donors (Lipinski definition) is 3. The van der Waals surface area contributed by atoms with Gasteiger partial charge in [0.25, 0.3) is 0 Å². The highest BCUT2D eigenvalue weighted by atomic mass is 16.5. The normalized spacial score (nSPS) is 11.7. The van der Waals surface area contributed by atoms with E-state index in [4.69, 9.17) is 28.9 Å². The van der Waals surface area contributed by atoms with Crippen LogP contribution in [0.3, 0.4) is 0 Å². The lowest BCUT2D eigenvalue weighted by atomic mass is 10.0. The first-order valence-electron chi connectivity index (χ1n) is 18.9. The van der Waals surface area contributed by atoms with Gasteiger partial charge in [-0.25, -0.2) is 14.8 Å². The number of rotatable bonds is 10. The van der Waals surface area contributed by atoms with Crippen LogP contribution in [-0.4, -0.2) is 58.9 Å². The van der Waals surface area contributed by atoms with Gasteiger partial charge in [-0.15, -0.1) is 0 Å². The third kappa shape index (κ3) is 7.19. The summed E-state index contributed by atoms with van der Waals surface area (Å²) in [6.07, 6.45) is 8.18. The van der Waals surface area contributed by atoms with E-state index in [0.29, 0.717) is 5.75 Å². The van der Waals surface area contributed by atoms with Crippen LogP contribution in [0.4, 0.5) is 0 Å². The van der Waals surface area contributed by atoms with Gasteiger partial charge in [0.2, 0.25) is 0 Å². The highest BCUT2D eigenvalue weighted by molar-refractivity contribution is 6.00. The number of carboxylic acid groups (broad SMARTS) is 1. The fourth-order valence-electron chi connectivity index (χ4n) is 7.56. The molecule has 3 aromatic heterocycles. The average molecular weight is 779 g/mol. The zero-order valence-corrected chi connectivity index (χ0v) is 32.4. The number of nitrogens with zero attached hydrogens (tertiary/aromatic N) is 2. The lowest BCUT2D eigenvalue weighted by Gasteiger charge is -2.08. The van der Waals surface area contributed by atoms with Crippen LogP contribution in [-0.2, 0) is 4.79 Å². The van der Waals surface area contributed by atoms with Crippen molar-refractivity contribution in [2.45, 2.75) is 0 Å². The van der Waals surface area contributed by atoms with E-state index < -0.39 is 12.6 Å². The Morgan fingerprint density at radius 1 is 0.441 bits per heavy atom. The summed E-state index contributed by atoms with van der Waals surface area (Å²) >= 11 is 0. The molecule has 290 valence electrons. The number of aromatic nitrogens is 4. The largest absolute Gasteiger partial charge is 0.497 e. The summed E-state index contributed by atoms with van der Waals surface area (Å²) in [5.74, 6) is 1.66. The molecule has 2 aliphatic heterocycles. The van der Waals surface area contributed by atoms with Gasteiger partial charge in [0.05, 0.1) is 44.1 Å². The monoisotopic (exact) mass is 778 g/mol. The number of ether oxygens (including phenoxy) is 4. The Morgan fingerprint density at radius 2 is 0.712 bits per heavy atom. The Hall–Kier alpha value is -7.85. The maximum Gasteiger partial charge on any atom is 0.341 e. The van der Waals surface area contributed by atoms with Gasteiger partial charge < -0.3 is 34.0 Å². The van der Waals surface area contributed by atoms with E-state index >= 15 is 0 Å². The third-order valence-corrected chi connectivity index (χ3v) is 10.4. The highest BCUT2D eigenvalue weighted by Gasteiger charge is 2.19. The van der Waals surface area contributed by atoms with Gasteiger partial charge in [-0.2, -0.15) is 0 Å². The highest BCUT2D eigenvalue weighted by Crippen LogP contribution is 2.39. The van der Waals surface area contributed by atoms with Crippen LogP contribution in [0, 0.1) is 0 Å². The van der Waals surface area contributed by atoms with Gasteiger partial charge in [0.1, 0.15) is 23.0 Å². The van der Waals surface area contributed by atoms with E-state index in [0.717, 1.165) is 107 Å². The van der Waals surface area contributed by atoms with Gasteiger partial charge in [0, 0.05) is 44.3 Å². The Bertz CT molecular complexity index is 2900. The van der Waals surface area contributed by atoms with E-state index in [2.05, 4.69) is 46.4 Å². The summed E-state index contributed by atoms with van der Waals surface area (Å²) in [6.45, 7) is -0.436. The molecule has 10 heteroatoms. The van der Waals surface area contributed by atoms with Crippen molar-refractivity contribution < 1.29 is 28.8 Å². The molecule has 0 saturated carbocycles. The minimum atomic E-state index is -1.04. The van der Waals surface area contributed by atoms with Gasteiger partial charge in [-0.05, 0) is 119 Å². The number of nitrogens with one attached hydrogen (secondary N) is 2. The molecule has 7 aromatic rings. The standard InChI is InChI=1S/C49H38N4O6/c1-56-33-12-4-29(5-13-33)46-37-20-22-39(50-37)47(30-6-14-34(57-2)15-7-30)41-24-26-43(52-41)49(32-10-18-36(19-11-32)59-28-45(54)55)44-27-25-42(53-44)48(40-23-21-38(46)51-40)31-8-16-35(58-3)17-9-31/h4-27,50,53H,28H2,1-3H3,(H,54,55). The fourth-order valence-corrected chi connectivity index (χ4v) is 7.56. The molecule has 0 atom stereocenters. The molecule has 2 aliphatic rings. The smallest absolute Gasteiger partial charge is 0.341 e. The minimum Gasteiger partial charge on any atom is -0.497 e. The Balaban J connectivity index is 1.40. The van der Waals surface area contributed by atoms with Crippen molar-refractivity contribution in [1.29, 1.82) is 0 Å². The summed E-state index contributed by atoms with van der Waals surface area (Å²) < 4.78 is 22.0. The van der Waals surface area contributed by atoms with Crippen LogP contribution in [0.15, 0.2) is 121 Å². The van der Waals surface area contributed by atoms with Crippen LogP contribution in [0.25, 0.3) is 90.9 Å². The zero-order valence-electron chi connectivity index (χ0n) is 32.4. The van der Waals surface area contributed by atoms with Crippen molar-refractivity contribution in [1.82, 2.24) is 19.9 Å². The van der Waals surface area contributed by atoms with Gasteiger partial charge in [0.15, 0.2) is 6.61 Å². The van der Waals surface area contributed by atoms with Crippen molar-refractivity contribution in [2.75, 3.05) is 27.9 Å². The summed E-state index contributed by atoms with van der Waals surface area (Å²) in [6, 6.07) is 39.6. The van der Waals surface area contributed by atoms with Crippen LogP contribution in [0.5, 0.6) is 23.0 Å². The molecule has 3 N–H and O–H groups in total. The van der Waals surface area contributed by atoms with Gasteiger partial charge in [-0.1, -0.05) is 48.5 Å². The Morgan fingerprint density at radius 3 is 0.966 bits per heavy atom. The number of aliphatic carboxylic acids is 1. The van der Waals surface area contributed by atoms with Crippen molar-refractivity contribution in [3.05, 3.63) is 144 Å². The molecule has 4 aromatic carbocycles. The van der Waals surface area contributed by atoms with Crippen LogP contribution >= 0.6 is 0 Å². The number of fused-ring (bicyclic) bond motifs is 8. The lowest BCUT2D eigenvalue weighted by molar-refractivity contribution is -0.139. The first kappa shape index (κ1) is 36.8. The Labute approximate surface area is 339 Å².